The van der Waals surface area contributed by atoms with Crippen LogP contribution in [-0.2, 0) is 4.74 Å². The van der Waals surface area contributed by atoms with Crippen molar-refractivity contribution in [1.29, 1.82) is 0 Å². The molecule has 0 atom stereocenters. The zero-order valence-electron chi connectivity index (χ0n) is 9.10. The third kappa shape index (κ3) is 1.50. The number of aromatic nitrogens is 2. The minimum Gasteiger partial charge on any atom is -0.460 e. The molecule has 0 fully saturated rings. The normalized spacial score (nSPS) is 10.6. The van der Waals surface area contributed by atoms with Crippen molar-refractivity contribution in [2.45, 2.75) is 13.8 Å². The monoisotopic (exact) mass is 220 g/mol. The first-order valence-corrected chi connectivity index (χ1v) is 4.99. The zero-order chi connectivity index (χ0) is 11.7. The van der Waals surface area contributed by atoms with Gasteiger partial charge < -0.3 is 9.94 Å². The molecule has 0 saturated heterocycles. The molecule has 0 aliphatic heterocycles. The Morgan fingerprint density at radius 2 is 2.31 bits per heavy atom. The lowest BCUT2D eigenvalue weighted by atomic mass is 10.2. The van der Waals surface area contributed by atoms with Gasteiger partial charge in [0.05, 0.1) is 12.1 Å². The predicted molar refractivity (Wildman–Crippen MR) is 57.6 cm³/mol. The summed E-state index contributed by atoms with van der Waals surface area (Å²) < 4.78 is 5.56. The first-order valence-electron chi connectivity index (χ1n) is 4.99. The topological polar surface area (TPSA) is 64.3 Å². The summed E-state index contributed by atoms with van der Waals surface area (Å²) in [4.78, 5) is 15.5. The van der Waals surface area contributed by atoms with E-state index in [1.807, 2.05) is 13.0 Å². The molecule has 1 N–H and O–H groups in total. The second kappa shape index (κ2) is 3.84. The Morgan fingerprint density at radius 1 is 1.56 bits per heavy atom. The van der Waals surface area contributed by atoms with E-state index in [-0.39, 0.29) is 12.4 Å². The SMILES string of the molecule is CCOC(=O)c1nc2c(C)cccc2n1O. The number of aryl methyl sites for hydroxylation is 1. The number of ether oxygens (including phenoxy) is 1. The molecule has 0 aliphatic rings. The number of esters is 1. The summed E-state index contributed by atoms with van der Waals surface area (Å²) in [7, 11) is 0. The Bertz CT molecular complexity index is 545. The van der Waals surface area contributed by atoms with Crippen molar-refractivity contribution in [3.63, 3.8) is 0 Å². The molecular formula is C11H12N2O3. The number of rotatable bonds is 2. The van der Waals surface area contributed by atoms with Crippen molar-refractivity contribution in [1.82, 2.24) is 9.71 Å². The average Bonchev–Trinajstić information content (AvgIpc) is 2.59. The van der Waals surface area contributed by atoms with E-state index >= 15 is 0 Å². The minimum absolute atomic E-state index is 0.0915. The molecular weight excluding hydrogens is 208 g/mol. The summed E-state index contributed by atoms with van der Waals surface area (Å²) in [6.45, 7) is 3.82. The van der Waals surface area contributed by atoms with Gasteiger partial charge in [-0.25, -0.2) is 9.78 Å². The molecule has 2 aromatic rings. The van der Waals surface area contributed by atoms with Crippen LogP contribution in [0.1, 0.15) is 23.1 Å². The lowest BCUT2D eigenvalue weighted by molar-refractivity contribution is 0.0470. The maximum Gasteiger partial charge on any atom is 0.377 e. The molecule has 1 aromatic carbocycles. The van der Waals surface area contributed by atoms with Crippen molar-refractivity contribution in [2.24, 2.45) is 0 Å². The van der Waals surface area contributed by atoms with Gasteiger partial charge in [0.15, 0.2) is 0 Å². The molecule has 84 valence electrons. The summed E-state index contributed by atoms with van der Waals surface area (Å²) in [5, 5.41) is 9.76. The molecule has 5 heteroatoms. The maximum atomic E-state index is 11.5. The van der Waals surface area contributed by atoms with E-state index in [9.17, 15) is 10.0 Å². The zero-order valence-corrected chi connectivity index (χ0v) is 9.10. The van der Waals surface area contributed by atoms with Gasteiger partial charge >= 0.3 is 5.97 Å². The van der Waals surface area contributed by atoms with Crippen LogP contribution in [0.15, 0.2) is 18.2 Å². The second-order valence-corrected chi connectivity index (χ2v) is 3.41. The molecule has 1 aromatic heterocycles. The third-order valence-electron chi connectivity index (χ3n) is 2.32. The fourth-order valence-corrected chi connectivity index (χ4v) is 1.55. The van der Waals surface area contributed by atoms with Crippen molar-refractivity contribution in [3.8, 4) is 0 Å². The van der Waals surface area contributed by atoms with Gasteiger partial charge in [0.25, 0.3) is 5.82 Å². The van der Waals surface area contributed by atoms with E-state index in [1.165, 1.54) is 0 Å². The number of fused-ring (bicyclic) bond motifs is 1. The van der Waals surface area contributed by atoms with Crippen LogP contribution in [0.3, 0.4) is 0 Å². The van der Waals surface area contributed by atoms with Crippen LogP contribution >= 0.6 is 0 Å². The lowest BCUT2D eigenvalue weighted by Gasteiger charge is -1.99. The van der Waals surface area contributed by atoms with E-state index in [1.54, 1.807) is 19.1 Å². The molecule has 16 heavy (non-hydrogen) atoms. The molecule has 0 radical (unpaired) electrons. The number of hydrogen-bond acceptors (Lipinski definition) is 4. The molecule has 0 aliphatic carbocycles. The van der Waals surface area contributed by atoms with Gasteiger partial charge in [-0.1, -0.05) is 12.1 Å². The largest absolute Gasteiger partial charge is 0.460 e. The quantitative estimate of drug-likeness (QED) is 0.618. The van der Waals surface area contributed by atoms with E-state index in [2.05, 4.69) is 4.98 Å². The first-order chi connectivity index (χ1) is 7.65. The highest BCUT2D eigenvalue weighted by Gasteiger charge is 2.18. The van der Waals surface area contributed by atoms with Crippen molar-refractivity contribution in [3.05, 3.63) is 29.6 Å². The smallest absolute Gasteiger partial charge is 0.377 e. The molecule has 0 unspecified atom stereocenters. The fourth-order valence-electron chi connectivity index (χ4n) is 1.55. The Morgan fingerprint density at radius 3 is 2.94 bits per heavy atom. The number of benzene rings is 1. The molecule has 1 heterocycles. The van der Waals surface area contributed by atoms with Crippen molar-refractivity contribution >= 4 is 17.0 Å². The molecule has 0 bridgehead atoms. The van der Waals surface area contributed by atoms with Crippen molar-refractivity contribution in [2.75, 3.05) is 6.61 Å². The van der Waals surface area contributed by atoms with Crippen LogP contribution < -0.4 is 0 Å². The molecule has 0 amide bonds. The number of para-hydroxylation sites is 1. The highest BCUT2D eigenvalue weighted by molar-refractivity contribution is 5.91. The van der Waals surface area contributed by atoms with Gasteiger partial charge in [-0.05, 0) is 25.5 Å². The van der Waals surface area contributed by atoms with Crippen molar-refractivity contribution < 1.29 is 14.7 Å². The van der Waals surface area contributed by atoms with E-state index in [4.69, 9.17) is 4.74 Å². The van der Waals surface area contributed by atoms with Crippen LogP contribution in [-0.4, -0.2) is 27.5 Å². The third-order valence-corrected chi connectivity index (χ3v) is 2.32. The number of carbonyl (C=O) groups is 1. The van der Waals surface area contributed by atoms with Gasteiger partial charge in [0.1, 0.15) is 5.52 Å². The number of imidazole rings is 1. The summed E-state index contributed by atoms with van der Waals surface area (Å²) in [6.07, 6.45) is 0. The highest BCUT2D eigenvalue weighted by atomic mass is 16.5. The predicted octanol–water partition coefficient (Wildman–Crippen LogP) is 1.76. The maximum absolute atomic E-state index is 11.5. The standard InChI is InChI=1S/C11H12N2O3/c1-3-16-11(14)10-12-9-7(2)5-4-6-8(9)13(10)15/h4-6,15H,3H2,1-2H3. The van der Waals surface area contributed by atoms with Gasteiger partial charge in [0.2, 0.25) is 0 Å². The van der Waals surface area contributed by atoms with Gasteiger partial charge in [0, 0.05) is 0 Å². The summed E-state index contributed by atoms with van der Waals surface area (Å²) in [6, 6.07) is 5.35. The molecule has 2 rings (SSSR count). The molecule has 0 spiro atoms. The second-order valence-electron chi connectivity index (χ2n) is 3.41. The number of hydrogen-bond donors (Lipinski definition) is 1. The Labute approximate surface area is 92.2 Å². The Hall–Kier alpha value is -2.04. The van der Waals surface area contributed by atoms with Crippen LogP contribution in [0.25, 0.3) is 11.0 Å². The van der Waals surface area contributed by atoms with E-state index < -0.39 is 5.97 Å². The minimum atomic E-state index is -0.624. The lowest BCUT2D eigenvalue weighted by Crippen LogP contribution is -2.11. The Balaban J connectivity index is 2.60. The number of nitrogens with zero attached hydrogens (tertiary/aromatic N) is 2. The van der Waals surface area contributed by atoms with Gasteiger partial charge in [-0.2, -0.15) is 4.73 Å². The number of carbonyl (C=O) groups excluding carboxylic acids is 1. The molecule has 0 saturated carbocycles. The van der Waals surface area contributed by atoms with Crippen LogP contribution in [0.5, 0.6) is 0 Å². The van der Waals surface area contributed by atoms with Crippen LogP contribution in [0.2, 0.25) is 0 Å². The van der Waals surface area contributed by atoms with Gasteiger partial charge in [-0.3, -0.25) is 0 Å². The summed E-state index contributed by atoms with van der Waals surface area (Å²) in [5.41, 5.74) is 2.01. The fraction of sp³-hybridized carbons (Fsp3) is 0.273. The molecule has 5 nitrogen and oxygen atoms in total. The van der Waals surface area contributed by atoms with E-state index in [0.29, 0.717) is 11.0 Å². The summed E-state index contributed by atoms with van der Waals surface area (Å²) >= 11 is 0. The van der Waals surface area contributed by atoms with Crippen LogP contribution in [0, 0.1) is 6.92 Å². The highest BCUT2D eigenvalue weighted by Crippen LogP contribution is 2.18. The average molecular weight is 220 g/mol. The Kier molecular flexibility index (Phi) is 2.52. The van der Waals surface area contributed by atoms with Gasteiger partial charge in [-0.15, -0.1) is 0 Å². The summed E-state index contributed by atoms with van der Waals surface area (Å²) in [5.74, 6) is -0.716. The van der Waals surface area contributed by atoms with Crippen LogP contribution in [0.4, 0.5) is 0 Å². The van der Waals surface area contributed by atoms with E-state index in [0.717, 1.165) is 10.3 Å². The first kappa shape index (κ1) is 10.5.